The van der Waals surface area contributed by atoms with Crippen LogP contribution in [0.4, 0.5) is 17.1 Å². The van der Waals surface area contributed by atoms with Crippen molar-refractivity contribution in [3.05, 3.63) is 186 Å². The molecular formula is C44H35N3O3S. The van der Waals surface area contributed by atoms with Gasteiger partial charge in [0.2, 0.25) is 5.91 Å². The van der Waals surface area contributed by atoms with Crippen LogP contribution in [-0.4, -0.2) is 23.5 Å². The van der Waals surface area contributed by atoms with Gasteiger partial charge in [0, 0.05) is 16.1 Å². The number of para-hydroxylation sites is 2. The molecule has 0 radical (unpaired) electrons. The van der Waals surface area contributed by atoms with Crippen LogP contribution in [0.5, 0.6) is 0 Å². The highest BCUT2D eigenvalue weighted by Gasteiger charge is 2.25. The number of carbonyl (C=O) groups is 3. The van der Waals surface area contributed by atoms with E-state index in [1.807, 2.05) is 114 Å². The van der Waals surface area contributed by atoms with Gasteiger partial charge in [-0.3, -0.25) is 19.3 Å². The maximum atomic E-state index is 13.8. The van der Waals surface area contributed by atoms with Crippen LogP contribution < -0.4 is 15.5 Å². The lowest BCUT2D eigenvalue weighted by Gasteiger charge is -2.25. The molecular weight excluding hydrogens is 651 g/mol. The van der Waals surface area contributed by atoms with Crippen molar-refractivity contribution in [2.45, 2.75) is 17.7 Å². The second-order valence-corrected chi connectivity index (χ2v) is 13.2. The summed E-state index contributed by atoms with van der Waals surface area (Å²) in [5.74, 6) is -0.597. The van der Waals surface area contributed by atoms with Crippen LogP contribution in [0.15, 0.2) is 168 Å². The Hall–Kier alpha value is -6.18. The molecule has 51 heavy (non-hydrogen) atoms. The fourth-order valence-electron chi connectivity index (χ4n) is 6.10. The zero-order valence-corrected chi connectivity index (χ0v) is 28.6. The first kappa shape index (κ1) is 33.3. The lowest BCUT2D eigenvalue weighted by Crippen LogP contribution is -2.30. The molecule has 1 aliphatic rings. The van der Waals surface area contributed by atoms with E-state index in [0.717, 1.165) is 56.9 Å². The number of nitrogens with zero attached hydrogens (tertiary/aromatic N) is 1. The van der Waals surface area contributed by atoms with Gasteiger partial charge in [-0.15, -0.1) is 11.8 Å². The lowest BCUT2D eigenvalue weighted by molar-refractivity contribution is -0.115. The zero-order chi connectivity index (χ0) is 35.0. The highest BCUT2D eigenvalue weighted by Crippen LogP contribution is 2.37. The van der Waals surface area contributed by atoms with Crippen molar-refractivity contribution in [2.24, 2.45) is 0 Å². The second kappa shape index (κ2) is 15.6. The molecule has 0 aromatic heterocycles. The molecule has 2 N–H and O–H groups in total. The van der Waals surface area contributed by atoms with Crippen LogP contribution in [0.2, 0.25) is 0 Å². The number of rotatable bonds is 9. The molecule has 1 heterocycles. The lowest BCUT2D eigenvalue weighted by atomic mass is 10.0. The van der Waals surface area contributed by atoms with Crippen molar-refractivity contribution >= 4 is 52.6 Å². The molecule has 7 rings (SSSR count). The van der Waals surface area contributed by atoms with Crippen molar-refractivity contribution in [1.82, 2.24) is 5.32 Å². The Morgan fingerprint density at radius 3 is 1.78 bits per heavy atom. The van der Waals surface area contributed by atoms with Crippen LogP contribution in [0.1, 0.15) is 27.0 Å². The van der Waals surface area contributed by atoms with E-state index in [1.165, 1.54) is 11.8 Å². The van der Waals surface area contributed by atoms with Crippen LogP contribution in [0.25, 0.3) is 17.2 Å². The predicted molar refractivity (Wildman–Crippen MR) is 207 cm³/mol. The molecule has 6 nitrogen and oxygen atoms in total. The van der Waals surface area contributed by atoms with Crippen molar-refractivity contribution in [3.8, 4) is 11.1 Å². The fraction of sp³-hybridized carbons (Fsp3) is 0.0682. The van der Waals surface area contributed by atoms with Gasteiger partial charge in [-0.2, -0.15) is 0 Å². The summed E-state index contributed by atoms with van der Waals surface area (Å²) < 4.78 is 0. The Labute approximate surface area is 301 Å². The molecule has 0 atom stereocenters. The van der Waals surface area contributed by atoms with E-state index in [9.17, 15) is 14.4 Å². The average Bonchev–Trinajstić information content (AvgIpc) is 3.35. The molecule has 3 amide bonds. The SMILES string of the molecule is O=C(Nc1ccc(SCC(=O)N2c3ccccc3CCc3ccccc32)cc1)/C(=C/c1ccc(-c2ccccc2)cc1)NC(=O)c1ccccc1. The first-order valence-electron chi connectivity index (χ1n) is 16.8. The van der Waals surface area contributed by atoms with Crippen LogP contribution >= 0.6 is 11.8 Å². The Balaban J connectivity index is 1.05. The van der Waals surface area contributed by atoms with Gasteiger partial charge < -0.3 is 10.6 Å². The van der Waals surface area contributed by atoms with Crippen LogP contribution in [0, 0.1) is 0 Å². The molecule has 0 bridgehead atoms. The Kier molecular flexibility index (Phi) is 10.2. The number of anilines is 3. The van der Waals surface area contributed by atoms with E-state index in [4.69, 9.17) is 0 Å². The minimum atomic E-state index is -0.458. The zero-order valence-electron chi connectivity index (χ0n) is 27.8. The summed E-state index contributed by atoms with van der Waals surface area (Å²) in [6.07, 6.45) is 3.43. The van der Waals surface area contributed by atoms with E-state index < -0.39 is 5.91 Å². The van der Waals surface area contributed by atoms with Gasteiger partial charge in [0.1, 0.15) is 5.70 Å². The van der Waals surface area contributed by atoms with E-state index in [1.54, 1.807) is 42.5 Å². The van der Waals surface area contributed by atoms with Gasteiger partial charge in [-0.25, -0.2) is 0 Å². The van der Waals surface area contributed by atoms with Gasteiger partial charge in [0.05, 0.1) is 17.1 Å². The van der Waals surface area contributed by atoms with Crippen LogP contribution in [-0.2, 0) is 22.4 Å². The average molecular weight is 686 g/mol. The molecule has 6 aromatic carbocycles. The summed E-state index contributed by atoms with van der Waals surface area (Å²) in [6.45, 7) is 0. The molecule has 0 unspecified atom stereocenters. The molecule has 1 aliphatic heterocycles. The number of amides is 3. The molecule has 6 aromatic rings. The topological polar surface area (TPSA) is 78.5 Å². The smallest absolute Gasteiger partial charge is 0.272 e. The van der Waals surface area contributed by atoms with Crippen molar-refractivity contribution in [2.75, 3.05) is 16.0 Å². The molecule has 0 aliphatic carbocycles. The molecule has 0 spiro atoms. The number of benzene rings is 6. The highest BCUT2D eigenvalue weighted by atomic mass is 32.2. The largest absolute Gasteiger partial charge is 0.321 e. The van der Waals surface area contributed by atoms with Gasteiger partial charge in [-0.05, 0) is 95.3 Å². The summed E-state index contributed by atoms with van der Waals surface area (Å²) in [5.41, 5.74) is 8.19. The number of hydrogen-bond acceptors (Lipinski definition) is 4. The van der Waals surface area contributed by atoms with E-state index in [-0.39, 0.29) is 23.3 Å². The Bertz CT molecular complexity index is 2150. The van der Waals surface area contributed by atoms with Crippen LogP contribution in [0.3, 0.4) is 0 Å². The maximum absolute atomic E-state index is 13.8. The van der Waals surface area contributed by atoms with Gasteiger partial charge >= 0.3 is 0 Å². The van der Waals surface area contributed by atoms with Crippen molar-refractivity contribution in [3.63, 3.8) is 0 Å². The summed E-state index contributed by atoms with van der Waals surface area (Å²) in [5, 5.41) is 5.73. The standard InChI is InChI=1S/C44H35N3O3S/c48-42(47-40-17-9-7-13-34(40)23-24-35-14-8-10-18-41(35)47)30-51-38-27-25-37(26-28-38)45-44(50)39(46-43(49)36-15-5-2-6-16-36)29-31-19-21-33(22-20-31)32-11-3-1-4-12-32/h1-22,25-29H,23-24,30H2,(H,45,50)(H,46,49)/b39-29-. The number of fused-ring (bicyclic) bond motifs is 2. The fourth-order valence-corrected chi connectivity index (χ4v) is 6.85. The number of nitrogens with one attached hydrogen (secondary N) is 2. The summed E-state index contributed by atoms with van der Waals surface area (Å²) >= 11 is 1.45. The number of carbonyl (C=O) groups excluding carboxylic acids is 3. The third-order valence-corrected chi connectivity index (χ3v) is 9.71. The highest BCUT2D eigenvalue weighted by molar-refractivity contribution is 8.00. The molecule has 250 valence electrons. The van der Waals surface area contributed by atoms with Gasteiger partial charge in [0.25, 0.3) is 11.8 Å². The van der Waals surface area contributed by atoms with E-state index in [2.05, 4.69) is 22.8 Å². The summed E-state index contributed by atoms with van der Waals surface area (Å²) in [7, 11) is 0. The predicted octanol–water partition coefficient (Wildman–Crippen LogP) is 9.32. The molecule has 0 saturated heterocycles. The normalized spacial score (nSPS) is 12.2. The minimum Gasteiger partial charge on any atom is -0.321 e. The molecule has 7 heteroatoms. The van der Waals surface area contributed by atoms with Gasteiger partial charge in [-0.1, -0.05) is 109 Å². The van der Waals surface area contributed by atoms with E-state index >= 15 is 0 Å². The van der Waals surface area contributed by atoms with Crippen molar-refractivity contribution in [1.29, 1.82) is 0 Å². The molecule has 0 saturated carbocycles. The second-order valence-electron chi connectivity index (χ2n) is 12.1. The Morgan fingerprint density at radius 1 is 0.608 bits per heavy atom. The number of aryl methyl sites for hydroxylation is 2. The third-order valence-electron chi connectivity index (χ3n) is 8.71. The van der Waals surface area contributed by atoms with Crippen molar-refractivity contribution < 1.29 is 14.4 Å². The quantitative estimate of drug-likeness (QED) is 0.118. The third kappa shape index (κ3) is 8.01. The number of thioether (sulfide) groups is 1. The number of hydrogen-bond donors (Lipinski definition) is 2. The minimum absolute atomic E-state index is 0.0000768. The summed E-state index contributed by atoms with van der Waals surface area (Å²) in [6, 6.07) is 50.2. The first-order valence-corrected chi connectivity index (χ1v) is 17.8. The monoisotopic (exact) mass is 685 g/mol. The maximum Gasteiger partial charge on any atom is 0.272 e. The van der Waals surface area contributed by atoms with E-state index in [0.29, 0.717) is 11.3 Å². The van der Waals surface area contributed by atoms with Gasteiger partial charge in [0.15, 0.2) is 0 Å². The Morgan fingerprint density at radius 2 is 1.16 bits per heavy atom. The first-order chi connectivity index (χ1) is 25.0. The molecule has 0 fully saturated rings. The summed E-state index contributed by atoms with van der Waals surface area (Å²) in [4.78, 5) is 43.3.